The number of rotatable bonds is 3. The molecule has 0 radical (unpaired) electrons. The molecule has 5 nitrogen and oxygen atoms in total. The molecule has 0 aromatic carbocycles. The summed E-state index contributed by atoms with van der Waals surface area (Å²) in [5, 5.41) is 2.62. The number of carbonyl (C=O) groups is 2. The van der Waals surface area contributed by atoms with E-state index in [1.54, 1.807) is 51.6 Å². The van der Waals surface area contributed by atoms with Gasteiger partial charge in [0.25, 0.3) is 5.91 Å². The van der Waals surface area contributed by atoms with Gasteiger partial charge in [0, 0.05) is 17.7 Å². The number of esters is 1. The van der Waals surface area contributed by atoms with Crippen molar-refractivity contribution in [2.75, 3.05) is 0 Å². The van der Waals surface area contributed by atoms with E-state index in [1.807, 2.05) is 0 Å². The van der Waals surface area contributed by atoms with Crippen molar-refractivity contribution >= 4 is 27.8 Å². The molecule has 0 aliphatic heterocycles. The minimum absolute atomic E-state index is 0.313. The highest BCUT2D eigenvalue weighted by Gasteiger charge is 2.24. The molecule has 0 bridgehead atoms. The molecule has 19 heavy (non-hydrogen) atoms. The number of nitrogens with one attached hydrogen (secondary N) is 1. The molecule has 0 spiro atoms. The number of amides is 1. The van der Waals surface area contributed by atoms with E-state index in [9.17, 15) is 9.59 Å². The van der Waals surface area contributed by atoms with Gasteiger partial charge in [0.05, 0.1) is 0 Å². The number of nitrogens with zero attached hydrogens (tertiary/aromatic N) is 1. The molecule has 1 atom stereocenters. The lowest BCUT2D eigenvalue weighted by Gasteiger charge is -2.22. The van der Waals surface area contributed by atoms with Gasteiger partial charge in [0.2, 0.25) is 0 Å². The number of carbonyl (C=O) groups excluding carboxylic acids is 2. The minimum atomic E-state index is -0.694. The van der Waals surface area contributed by atoms with Crippen LogP contribution in [0.4, 0.5) is 0 Å². The SMILES string of the molecule is C[C@@H](NC(=O)c1cc(Br)cn1C)C(=O)OC(C)(C)C. The third kappa shape index (κ3) is 4.70. The maximum atomic E-state index is 12.0. The van der Waals surface area contributed by atoms with Crippen LogP contribution >= 0.6 is 15.9 Å². The van der Waals surface area contributed by atoms with Gasteiger partial charge < -0.3 is 14.6 Å². The summed E-state index contributed by atoms with van der Waals surface area (Å²) in [7, 11) is 1.76. The molecule has 0 unspecified atom stereocenters. The molecule has 0 saturated carbocycles. The van der Waals surface area contributed by atoms with Crippen LogP contribution in [-0.4, -0.2) is 28.1 Å². The van der Waals surface area contributed by atoms with Gasteiger partial charge in [-0.15, -0.1) is 0 Å². The Bertz CT molecular complexity index is 489. The molecule has 0 aliphatic rings. The Morgan fingerprint density at radius 2 is 2.00 bits per heavy atom. The summed E-state index contributed by atoms with van der Waals surface area (Å²) in [4.78, 5) is 23.8. The van der Waals surface area contributed by atoms with Gasteiger partial charge in [0.1, 0.15) is 17.3 Å². The van der Waals surface area contributed by atoms with Crippen molar-refractivity contribution < 1.29 is 14.3 Å². The number of hydrogen-bond acceptors (Lipinski definition) is 3. The number of aromatic nitrogens is 1. The van der Waals surface area contributed by atoms with Crippen molar-refractivity contribution in [2.24, 2.45) is 7.05 Å². The minimum Gasteiger partial charge on any atom is -0.458 e. The van der Waals surface area contributed by atoms with E-state index in [1.165, 1.54) is 0 Å². The zero-order chi connectivity index (χ0) is 14.8. The maximum Gasteiger partial charge on any atom is 0.328 e. The van der Waals surface area contributed by atoms with Gasteiger partial charge in [0.15, 0.2) is 0 Å². The van der Waals surface area contributed by atoms with Crippen molar-refractivity contribution in [1.82, 2.24) is 9.88 Å². The molecule has 1 N–H and O–H groups in total. The van der Waals surface area contributed by atoms with Crippen LogP contribution in [-0.2, 0) is 16.6 Å². The lowest BCUT2D eigenvalue weighted by Crippen LogP contribution is -2.42. The Morgan fingerprint density at radius 1 is 1.42 bits per heavy atom. The summed E-state index contributed by atoms with van der Waals surface area (Å²) in [5.74, 6) is -0.763. The van der Waals surface area contributed by atoms with Crippen LogP contribution in [0.2, 0.25) is 0 Å². The molecular formula is C13H19BrN2O3. The van der Waals surface area contributed by atoms with Gasteiger partial charge in [-0.2, -0.15) is 0 Å². The highest BCUT2D eigenvalue weighted by Crippen LogP contribution is 2.14. The smallest absolute Gasteiger partial charge is 0.328 e. The van der Waals surface area contributed by atoms with Crippen molar-refractivity contribution in [3.63, 3.8) is 0 Å². The first-order valence-corrected chi connectivity index (χ1v) is 6.75. The summed E-state index contributed by atoms with van der Waals surface area (Å²) in [5.41, 5.74) is -0.0911. The van der Waals surface area contributed by atoms with E-state index in [0.29, 0.717) is 5.69 Å². The lowest BCUT2D eigenvalue weighted by molar-refractivity contribution is -0.156. The second kappa shape index (κ2) is 5.77. The van der Waals surface area contributed by atoms with Crippen LogP contribution in [0.3, 0.4) is 0 Å². The molecule has 106 valence electrons. The Balaban J connectivity index is 2.67. The van der Waals surface area contributed by atoms with E-state index < -0.39 is 17.6 Å². The molecule has 1 aromatic rings. The fourth-order valence-corrected chi connectivity index (χ4v) is 1.99. The zero-order valence-electron chi connectivity index (χ0n) is 11.8. The third-order valence-electron chi connectivity index (χ3n) is 2.31. The molecule has 0 aliphatic carbocycles. The van der Waals surface area contributed by atoms with Gasteiger partial charge >= 0.3 is 5.97 Å². The number of aryl methyl sites for hydroxylation is 1. The molecule has 0 fully saturated rings. The van der Waals surface area contributed by atoms with E-state index in [-0.39, 0.29) is 5.91 Å². The van der Waals surface area contributed by atoms with E-state index in [4.69, 9.17) is 4.74 Å². The van der Waals surface area contributed by atoms with E-state index >= 15 is 0 Å². The molecule has 1 heterocycles. The van der Waals surface area contributed by atoms with Crippen LogP contribution in [0.1, 0.15) is 38.2 Å². The highest BCUT2D eigenvalue weighted by molar-refractivity contribution is 9.10. The number of halogens is 1. The fourth-order valence-electron chi connectivity index (χ4n) is 1.47. The van der Waals surface area contributed by atoms with Crippen LogP contribution in [0.5, 0.6) is 0 Å². The van der Waals surface area contributed by atoms with Gasteiger partial charge in [-0.25, -0.2) is 4.79 Å². The average molecular weight is 331 g/mol. The largest absolute Gasteiger partial charge is 0.458 e. The quantitative estimate of drug-likeness (QED) is 0.864. The van der Waals surface area contributed by atoms with Crippen LogP contribution in [0.15, 0.2) is 16.7 Å². The first kappa shape index (κ1) is 15.8. The summed E-state index contributed by atoms with van der Waals surface area (Å²) in [6.07, 6.45) is 1.77. The summed E-state index contributed by atoms with van der Waals surface area (Å²) in [6, 6.07) is 0.998. The number of ether oxygens (including phenoxy) is 1. The average Bonchev–Trinajstić information content (AvgIpc) is 2.55. The maximum absolute atomic E-state index is 12.0. The standard InChI is InChI=1S/C13H19BrN2O3/c1-8(12(18)19-13(2,3)4)15-11(17)10-6-9(14)7-16(10)5/h6-8H,1-5H3,(H,15,17)/t8-/m1/s1. The Kier molecular flexibility index (Phi) is 4.79. The lowest BCUT2D eigenvalue weighted by atomic mass is 10.2. The molecule has 0 saturated heterocycles. The van der Waals surface area contributed by atoms with E-state index in [2.05, 4.69) is 21.2 Å². The second-order valence-electron chi connectivity index (χ2n) is 5.38. The number of hydrogen-bond donors (Lipinski definition) is 1. The monoisotopic (exact) mass is 330 g/mol. The van der Waals surface area contributed by atoms with E-state index in [0.717, 1.165) is 4.47 Å². The fraction of sp³-hybridized carbons (Fsp3) is 0.538. The molecule has 1 amide bonds. The van der Waals surface area contributed by atoms with Gasteiger partial charge in [-0.1, -0.05) is 0 Å². The Hall–Kier alpha value is -1.30. The van der Waals surface area contributed by atoms with Crippen molar-refractivity contribution in [3.05, 3.63) is 22.4 Å². The Morgan fingerprint density at radius 3 is 2.42 bits per heavy atom. The summed E-state index contributed by atoms with van der Waals surface area (Å²) >= 11 is 3.29. The summed E-state index contributed by atoms with van der Waals surface area (Å²) in [6.45, 7) is 6.96. The second-order valence-corrected chi connectivity index (χ2v) is 6.30. The topological polar surface area (TPSA) is 60.3 Å². The summed E-state index contributed by atoms with van der Waals surface area (Å²) < 4.78 is 7.69. The Labute approximate surface area is 121 Å². The van der Waals surface area contributed by atoms with Gasteiger partial charge in [-0.3, -0.25) is 4.79 Å². The predicted molar refractivity (Wildman–Crippen MR) is 75.9 cm³/mol. The first-order valence-electron chi connectivity index (χ1n) is 5.96. The van der Waals surface area contributed by atoms with Crippen LogP contribution in [0.25, 0.3) is 0 Å². The van der Waals surface area contributed by atoms with Gasteiger partial charge in [-0.05, 0) is 49.7 Å². The third-order valence-corrected chi connectivity index (χ3v) is 2.75. The van der Waals surface area contributed by atoms with Crippen molar-refractivity contribution in [2.45, 2.75) is 39.3 Å². The normalized spacial score (nSPS) is 12.9. The highest BCUT2D eigenvalue weighted by atomic mass is 79.9. The molecular weight excluding hydrogens is 312 g/mol. The molecule has 1 rings (SSSR count). The van der Waals surface area contributed by atoms with Crippen LogP contribution < -0.4 is 5.32 Å². The molecule has 1 aromatic heterocycles. The van der Waals surface area contributed by atoms with Crippen molar-refractivity contribution in [1.29, 1.82) is 0 Å². The van der Waals surface area contributed by atoms with Crippen molar-refractivity contribution in [3.8, 4) is 0 Å². The van der Waals surface area contributed by atoms with Crippen LogP contribution in [0, 0.1) is 0 Å². The molecule has 6 heteroatoms. The first-order chi connectivity index (χ1) is 8.60. The zero-order valence-corrected chi connectivity index (χ0v) is 13.4. The predicted octanol–water partition coefficient (Wildman–Crippen LogP) is 2.25.